The van der Waals surface area contributed by atoms with Gasteiger partial charge in [0.1, 0.15) is 18.7 Å². The normalized spacial score (nSPS) is 21.1. The molecular weight excluding hydrogens is 565 g/mol. The maximum absolute atomic E-state index is 12.3. The lowest BCUT2D eigenvalue weighted by Crippen LogP contribution is -2.29. The van der Waals surface area contributed by atoms with Crippen LogP contribution in [0.5, 0.6) is 0 Å². The molecule has 1 saturated heterocycles. The standard InChI is InChI=1S/C16H27N4O14P3/c17-5-7-30-9-8-29-6-1-2-12-10-20(16(21)19-15(12)18)14-4-3-13(32-14)11-31-36(25,26)34-37(27,28)33-35(22,23)24/h10,13-14H,3-9,11,17H2,(H,25,26)(H,27,28)(H2,18,19,21)(H2,22,23,24)/t13-,14+/m0/s1. The van der Waals surface area contributed by atoms with Crippen molar-refractivity contribution in [2.45, 2.75) is 25.2 Å². The number of phosphoric acid groups is 3. The van der Waals surface area contributed by atoms with E-state index in [1.165, 1.54) is 6.20 Å². The van der Waals surface area contributed by atoms with Crippen LogP contribution in [-0.2, 0) is 41.1 Å². The lowest BCUT2D eigenvalue weighted by molar-refractivity contribution is -0.0242. The summed E-state index contributed by atoms with van der Waals surface area (Å²) in [4.78, 5) is 51.8. The Bertz CT molecular complexity index is 1180. The molecule has 0 amide bonds. The van der Waals surface area contributed by atoms with E-state index in [9.17, 15) is 28.3 Å². The summed E-state index contributed by atoms with van der Waals surface area (Å²) < 4.78 is 62.9. The predicted octanol–water partition coefficient (Wildman–Crippen LogP) is -0.810. The van der Waals surface area contributed by atoms with Crippen LogP contribution in [0, 0.1) is 11.8 Å². The number of hydrogen-bond acceptors (Lipinski definition) is 13. The van der Waals surface area contributed by atoms with Crippen molar-refractivity contribution in [2.24, 2.45) is 5.73 Å². The highest BCUT2D eigenvalue weighted by molar-refractivity contribution is 7.66. The molecule has 1 aliphatic rings. The molecule has 1 aliphatic heterocycles. The van der Waals surface area contributed by atoms with Gasteiger partial charge in [0.15, 0.2) is 0 Å². The third-order valence-corrected chi connectivity index (χ3v) is 8.05. The van der Waals surface area contributed by atoms with Crippen LogP contribution >= 0.6 is 23.5 Å². The lowest BCUT2D eigenvalue weighted by atomic mass is 10.2. The van der Waals surface area contributed by atoms with Gasteiger partial charge in [0.2, 0.25) is 0 Å². The molecule has 210 valence electrons. The minimum atomic E-state index is -5.63. The lowest BCUT2D eigenvalue weighted by Gasteiger charge is -2.19. The van der Waals surface area contributed by atoms with E-state index in [4.69, 9.17) is 35.5 Å². The fourth-order valence-electron chi connectivity index (χ4n) is 2.84. The van der Waals surface area contributed by atoms with Gasteiger partial charge in [-0.25, -0.2) is 18.5 Å². The van der Waals surface area contributed by atoms with Gasteiger partial charge in [-0.15, -0.1) is 0 Å². The molecule has 2 rings (SSSR count). The number of nitrogens with zero attached hydrogens (tertiary/aromatic N) is 2. The Balaban J connectivity index is 1.93. The van der Waals surface area contributed by atoms with Gasteiger partial charge in [-0.2, -0.15) is 13.6 Å². The molecule has 0 aliphatic carbocycles. The summed E-state index contributed by atoms with van der Waals surface area (Å²) in [5.74, 6) is 5.35. The van der Waals surface area contributed by atoms with Crippen LogP contribution in [0.3, 0.4) is 0 Å². The molecule has 1 fully saturated rings. The molecule has 2 heterocycles. The molecule has 1 aromatic heterocycles. The molecule has 37 heavy (non-hydrogen) atoms. The number of ether oxygens (including phenoxy) is 3. The Labute approximate surface area is 210 Å². The smallest absolute Gasteiger partial charge is 0.382 e. The molecule has 0 spiro atoms. The van der Waals surface area contributed by atoms with Crippen molar-refractivity contribution in [1.82, 2.24) is 9.55 Å². The molecule has 0 saturated carbocycles. The van der Waals surface area contributed by atoms with Gasteiger partial charge in [-0.3, -0.25) is 9.09 Å². The Morgan fingerprint density at radius 2 is 1.78 bits per heavy atom. The molecule has 2 unspecified atom stereocenters. The van der Waals surface area contributed by atoms with E-state index in [1.807, 2.05) is 0 Å². The van der Waals surface area contributed by atoms with Crippen LogP contribution in [0.15, 0.2) is 11.0 Å². The monoisotopic (exact) mass is 592 g/mol. The van der Waals surface area contributed by atoms with E-state index in [0.717, 1.165) is 4.57 Å². The zero-order chi connectivity index (χ0) is 27.7. The van der Waals surface area contributed by atoms with Crippen molar-refractivity contribution in [3.8, 4) is 11.8 Å². The summed E-state index contributed by atoms with van der Waals surface area (Å²) in [5.41, 5.74) is 10.5. The first-order valence-electron chi connectivity index (χ1n) is 10.4. The van der Waals surface area contributed by atoms with Crippen LogP contribution < -0.4 is 17.2 Å². The van der Waals surface area contributed by atoms with Gasteiger partial charge in [-0.1, -0.05) is 11.8 Å². The topological polar surface area (TPSA) is 274 Å². The highest BCUT2D eigenvalue weighted by atomic mass is 31.3. The summed E-state index contributed by atoms with van der Waals surface area (Å²) in [5, 5.41) is 0. The number of hydrogen-bond donors (Lipinski definition) is 6. The first-order chi connectivity index (χ1) is 17.2. The Kier molecular flexibility index (Phi) is 12.0. The highest BCUT2D eigenvalue weighted by Crippen LogP contribution is 2.66. The SMILES string of the molecule is NCCOCCOCC#Cc1cn([C@H]2CC[C@@H](COP(=O)(O)OP(=O)(O)OP(=O)(O)O)O2)c(=O)nc1N. The van der Waals surface area contributed by atoms with Crippen molar-refractivity contribution < 1.29 is 60.6 Å². The number of anilines is 1. The maximum atomic E-state index is 12.3. The van der Waals surface area contributed by atoms with Crippen molar-refractivity contribution in [1.29, 1.82) is 0 Å². The molecule has 0 bridgehead atoms. The zero-order valence-electron chi connectivity index (χ0n) is 19.2. The van der Waals surface area contributed by atoms with E-state index in [-0.39, 0.29) is 30.8 Å². The van der Waals surface area contributed by atoms with Crippen LogP contribution in [0.4, 0.5) is 5.82 Å². The number of phosphoric ester groups is 1. The van der Waals surface area contributed by atoms with E-state index in [1.54, 1.807) is 0 Å². The summed E-state index contributed by atoms with van der Waals surface area (Å²) in [7, 11) is -16.4. The summed E-state index contributed by atoms with van der Waals surface area (Å²) in [6.07, 6.45) is 0.0557. The van der Waals surface area contributed by atoms with Gasteiger partial charge < -0.3 is 45.3 Å². The first-order valence-corrected chi connectivity index (χ1v) is 14.9. The molecular formula is C16H27N4O14P3. The van der Waals surface area contributed by atoms with Crippen molar-refractivity contribution in [2.75, 3.05) is 45.3 Å². The van der Waals surface area contributed by atoms with Crippen LogP contribution in [0.25, 0.3) is 0 Å². The van der Waals surface area contributed by atoms with Crippen molar-refractivity contribution in [3.63, 3.8) is 0 Å². The quantitative estimate of drug-likeness (QED) is 0.0875. The zero-order valence-corrected chi connectivity index (χ0v) is 21.8. The fraction of sp³-hybridized carbons (Fsp3) is 0.625. The molecule has 0 aromatic carbocycles. The molecule has 4 atom stereocenters. The van der Waals surface area contributed by atoms with Crippen LogP contribution in [-0.4, -0.2) is 74.8 Å². The number of nitrogen functional groups attached to an aromatic ring is 1. The second-order valence-corrected chi connectivity index (χ2v) is 11.6. The maximum Gasteiger partial charge on any atom is 0.490 e. The van der Waals surface area contributed by atoms with Crippen LogP contribution in [0.1, 0.15) is 24.6 Å². The Morgan fingerprint density at radius 1 is 1.08 bits per heavy atom. The van der Waals surface area contributed by atoms with Gasteiger partial charge in [-0.05, 0) is 12.8 Å². The highest BCUT2D eigenvalue weighted by Gasteiger charge is 2.41. The van der Waals surface area contributed by atoms with E-state index < -0.39 is 48.1 Å². The van der Waals surface area contributed by atoms with Gasteiger partial charge in [0.25, 0.3) is 0 Å². The summed E-state index contributed by atoms with van der Waals surface area (Å²) in [6, 6.07) is 0. The van der Waals surface area contributed by atoms with E-state index >= 15 is 0 Å². The van der Waals surface area contributed by atoms with Crippen molar-refractivity contribution in [3.05, 3.63) is 22.2 Å². The van der Waals surface area contributed by atoms with Gasteiger partial charge in [0, 0.05) is 12.7 Å². The number of rotatable bonds is 14. The Morgan fingerprint density at radius 3 is 2.46 bits per heavy atom. The molecule has 1 aromatic rings. The van der Waals surface area contributed by atoms with Gasteiger partial charge >= 0.3 is 29.2 Å². The van der Waals surface area contributed by atoms with Crippen LogP contribution in [0.2, 0.25) is 0 Å². The average Bonchev–Trinajstić information content (AvgIpc) is 3.22. The second-order valence-electron chi connectivity index (χ2n) is 7.16. The van der Waals surface area contributed by atoms with E-state index in [2.05, 4.69) is 30.0 Å². The molecule has 18 nitrogen and oxygen atoms in total. The Hall–Kier alpha value is -1.51. The fourth-order valence-corrected chi connectivity index (χ4v) is 5.89. The first kappa shape index (κ1) is 31.7. The predicted molar refractivity (Wildman–Crippen MR) is 123 cm³/mol. The minimum absolute atomic E-state index is 0.0627. The molecule has 21 heteroatoms. The number of aromatic nitrogens is 2. The average molecular weight is 592 g/mol. The van der Waals surface area contributed by atoms with Crippen molar-refractivity contribution >= 4 is 29.3 Å². The largest absolute Gasteiger partial charge is 0.490 e. The second kappa shape index (κ2) is 14.0. The molecule has 0 radical (unpaired) electrons. The third kappa shape index (κ3) is 11.8. The molecule has 8 N–H and O–H groups in total. The summed E-state index contributed by atoms with van der Waals surface area (Å²) in [6.45, 7) is 0.904. The number of nitrogens with two attached hydrogens (primary N) is 2. The van der Waals surface area contributed by atoms with Gasteiger partial charge in [0.05, 0.1) is 38.1 Å². The third-order valence-electron chi connectivity index (χ3n) is 4.25. The summed E-state index contributed by atoms with van der Waals surface area (Å²) >= 11 is 0. The van der Waals surface area contributed by atoms with E-state index in [0.29, 0.717) is 26.4 Å². The minimum Gasteiger partial charge on any atom is -0.382 e.